The van der Waals surface area contributed by atoms with Crippen LogP contribution in [-0.2, 0) is 17.8 Å². The van der Waals surface area contributed by atoms with Crippen molar-refractivity contribution in [2.45, 2.75) is 74.5 Å². The maximum absolute atomic E-state index is 12.6. The molecule has 1 N–H and O–H groups in total. The number of hydrogen-bond acceptors (Lipinski definition) is 4. The van der Waals surface area contributed by atoms with E-state index in [1.807, 2.05) is 39.0 Å². The number of ether oxygens (including phenoxy) is 1. The van der Waals surface area contributed by atoms with Crippen molar-refractivity contribution in [3.63, 3.8) is 0 Å². The summed E-state index contributed by atoms with van der Waals surface area (Å²) in [5.74, 6) is 0.312. The van der Waals surface area contributed by atoms with Gasteiger partial charge in [-0.1, -0.05) is 69.1 Å². The molecule has 0 bridgehead atoms. The molecule has 8 heteroatoms. The third-order valence-electron chi connectivity index (χ3n) is 3.81. The van der Waals surface area contributed by atoms with Gasteiger partial charge in [0.05, 0.1) is 8.07 Å². The third kappa shape index (κ3) is 10.9. The van der Waals surface area contributed by atoms with Crippen LogP contribution in [0.25, 0.3) is 0 Å². The molecule has 0 saturated carbocycles. The molecule has 1 atom stereocenters. The van der Waals surface area contributed by atoms with Gasteiger partial charge in [-0.15, -0.1) is 0 Å². The summed E-state index contributed by atoms with van der Waals surface area (Å²) < 4.78 is 30.6. The Balaban J connectivity index is 0.000000989. The molecular weight excluding hydrogens is 511 g/mol. The fourth-order valence-electron chi connectivity index (χ4n) is 2.57. The number of Topliss-reactive ketones (excluding diaryl/α,β-unsaturated/α-hetero) is 1. The quantitative estimate of drug-likeness (QED) is 0.379. The van der Waals surface area contributed by atoms with Gasteiger partial charge in [-0.3, -0.25) is 9.88 Å². The summed E-state index contributed by atoms with van der Waals surface area (Å²) in [6, 6.07) is 10.7. The van der Waals surface area contributed by atoms with Crippen LogP contribution in [-0.4, -0.2) is 17.9 Å². The Labute approximate surface area is 206 Å². The summed E-state index contributed by atoms with van der Waals surface area (Å²) >= 11 is 3.40. The monoisotopic (exact) mass is 545 g/mol. The van der Waals surface area contributed by atoms with E-state index in [1.54, 1.807) is 18.2 Å². The van der Waals surface area contributed by atoms with Gasteiger partial charge in [0.1, 0.15) is 11.5 Å². The highest BCUT2D eigenvalue weighted by atomic mass is 79.9. The van der Waals surface area contributed by atoms with Crippen LogP contribution in [0.15, 0.2) is 40.9 Å². The number of halogens is 3. The van der Waals surface area contributed by atoms with E-state index in [0.29, 0.717) is 12.1 Å². The standard InChI is InChI=1S/C17H15BrF2NO2P.C3H6O.C3H8.C2H6/c1-2-10-3-6-14(23-17(19)20)11(7-10)9-21-24-15-8-12(18)4-5-13(15)16(24)22;1-3(2)4;1-3-2;1-2/h3-8,17,21H,2,9H2,1H3;1-2H3;3H2,1-2H3;1-2H3. The Hall–Kier alpha value is -1.69. The largest absolute Gasteiger partial charge is 0.434 e. The van der Waals surface area contributed by atoms with Gasteiger partial charge in [-0.25, -0.2) is 0 Å². The van der Waals surface area contributed by atoms with E-state index in [-0.39, 0.29) is 17.1 Å². The first kappa shape index (κ1) is 31.3. The van der Waals surface area contributed by atoms with Crippen LogP contribution < -0.4 is 15.1 Å². The number of carbonyl (C=O) groups is 2. The molecule has 0 saturated heterocycles. The minimum absolute atomic E-state index is 0.0791. The van der Waals surface area contributed by atoms with Crippen LogP contribution in [0, 0.1) is 0 Å². The number of rotatable bonds is 6. The molecule has 2 aromatic carbocycles. The van der Waals surface area contributed by atoms with Gasteiger partial charge >= 0.3 is 6.61 Å². The highest BCUT2D eigenvalue weighted by Crippen LogP contribution is 2.45. The molecule has 1 aliphatic rings. The van der Waals surface area contributed by atoms with Crippen LogP contribution in [0.2, 0.25) is 0 Å². The van der Waals surface area contributed by atoms with E-state index < -0.39 is 14.7 Å². The van der Waals surface area contributed by atoms with E-state index in [2.05, 4.69) is 39.6 Å². The van der Waals surface area contributed by atoms with Gasteiger partial charge < -0.3 is 9.53 Å². The molecule has 0 aromatic heterocycles. The van der Waals surface area contributed by atoms with Crippen molar-refractivity contribution >= 4 is 40.6 Å². The second-order valence-corrected chi connectivity index (χ2v) is 9.72. The Bertz CT molecular complexity index is 890. The lowest BCUT2D eigenvalue weighted by Gasteiger charge is -2.29. The Morgan fingerprint density at radius 1 is 1.09 bits per heavy atom. The first-order valence-corrected chi connectivity index (χ1v) is 13.2. The average Bonchev–Trinajstić information content (AvgIpc) is 2.76. The normalized spacial score (nSPS) is 13.2. The first-order chi connectivity index (χ1) is 15.6. The average molecular weight is 546 g/mol. The van der Waals surface area contributed by atoms with Crippen molar-refractivity contribution in [1.29, 1.82) is 0 Å². The van der Waals surface area contributed by atoms with Gasteiger partial charge in [0, 0.05) is 27.4 Å². The predicted octanol–water partition coefficient (Wildman–Crippen LogP) is 7.62. The summed E-state index contributed by atoms with van der Waals surface area (Å²) in [7, 11) is -1.12. The van der Waals surface area contributed by atoms with Crippen molar-refractivity contribution in [2.24, 2.45) is 0 Å². The summed E-state index contributed by atoms with van der Waals surface area (Å²) in [5.41, 5.74) is 2.47. The van der Waals surface area contributed by atoms with Crippen molar-refractivity contribution in [3.05, 3.63) is 57.6 Å². The fourth-order valence-corrected chi connectivity index (χ4v) is 4.92. The van der Waals surface area contributed by atoms with Gasteiger partial charge in [-0.05, 0) is 50.1 Å². The number of alkyl halides is 2. The van der Waals surface area contributed by atoms with Crippen LogP contribution in [0.4, 0.5) is 8.78 Å². The molecule has 2 aromatic rings. The second kappa shape index (κ2) is 16.9. The number of ketones is 1. The molecule has 0 spiro atoms. The summed E-state index contributed by atoms with van der Waals surface area (Å²) in [6.45, 7) is 10.7. The molecule has 0 aliphatic carbocycles. The zero-order valence-electron chi connectivity index (χ0n) is 20.5. The predicted molar refractivity (Wildman–Crippen MR) is 138 cm³/mol. The molecule has 1 unspecified atom stereocenters. The number of fused-ring (bicyclic) bond motifs is 1. The molecule has 3 rings (SSSR count). The van der Waals surface area contributed by atoms with Gasteiger partial charge in [0.15, 0.2) is 0 Å². The maximum Gasteiger partial charge on any atom is 0.387 e. The number of nitrogens with one attached hydrogen (secondary N) is 1. The topological polar surface area (TPSA) is 55.4 Å². The van der Waals surface area contributed by atoms with Crippen molar-refractivity contribution < 1.29 is 23.1 Å². The van der Waals surface area contributed by atoms with Crippen molar-refractivity contribution in [1.82, 2.24) is 5.09 Å². The molecule has 184 valence electrons. The molecule has 0 fully saturated rings. The van der Waals surface area contributed by atoms with Gasteiger partial charge in [0.25, 0.3) is 0 Å². The van der Waals surface area contributed by atoms with Crippen LogP contribution in [0.3, 0.4) is 0 Å². The molecule has 4 nitrogen and oxygen atoms in total. The fraction of sp³-hybridized carbons (Fsp3) is 0.440. The molecule has 33 heavy (non-hydrogen) atoms. The molecule has 1 aliphatic heterocycles. The highest BCUT2D eigenvalue weighted by Gasteiger charge is 2.36. The third-order valence-corrected chi connectivity index (χ3v) is 6.28. The molecular formula is C25H35BrF2NO3P. The lowest BCUT2D eigenvalue weighted by Crippen LogP contribution is -2.34. The zero-order valence-corrected chi connectivity index (χ0v) is 22.9. The van der Waals surface area contributed by atoms with E-state index in [4.69, 9.17) is 0 Å². The smallest absolute Gasteiger partial charge is 0.387 e. The van der Waals surface area contributed by atoms with Gasteiger partial charge in [0.2, 0.25) is 5.52 Å². The van der Waals surface area contributed by atoms with E-state index >= 15 is 0 Å². The minimum atomic E-state index is -2.87. The number of benzene rings is 2. The lowest BCUT2D eigenvalue weighted by molar-refractivity contribution is -0.115. The Kier molecular flexibility index (Phi) is 16.0. The first-order valence-electron chi connectivity index (χ1n) is 11.1. The van der Waals surface area contributed by atoms with Crippen LogP contribution >= 0.6 is 24.0 Å². The van der Waals surface area contributed by atoms with Crippen molar-refractivity contribution in [3.8, 4) is 5.75 Å². The zero-order chi connectivity index (χ0) is 25.6. The molecule has 1 heterocycles. The summed E-state index contributed by atoms with van der Waals surface area (Å²) in [5, 5.41) is 4.18. The number of carbonyl (C=O) groups excluding carboxylic acids is 2. The second-order valence-electron chi connectivity index (χ2n) is 6.93. The Morgan fingerprint density at radius 3 is 2.18 bits per heavy atom. The van der Waals surface area contributed by atoms with E-state index in [1.165, 1.54) is 20.3 Å². The highest BCUT2D eigenvalue weighted by molar-refractivity contribution is 9.10. The van der Waals surface area contributed by atoms with Gasteiger partial charge in [-0.2, -0.15) is 8.78 Å². The van der Waals surface area contributed by atoms with Crippen molar-refractivity contribution in [2.75, 3.05) is 0 Å². The number of hydrogen-bond donors (Lipinski definition) is 1. The molecule has 0 amide bonds. The molecule has 0 radical (unpaired) electrons. The van der Waals surface area contributed by atoms with E-state index in [9.17, 15) is 18.4 Å². The summed E-state index contributed by atoms with van der Waals surface area (Å²) in [4.78, 5) is 21.6. The Morgan fingerprint density at radius 2 is 1.67 bits per heavy atom. The maximum atomic E-state index is 12.6. The number of aryl methyl sites for hydroxylation is 1. The summed E-state index contributed by atoms with van der Waals surface area (Å²) in [6.07, 6.45) is 2.05. The SMILES string of the molecule is CC.CC(C)=O.CCC.CCc1ccc(OC(F)F)c(CNP2C(=O)c3ccc(Br)cc32)c1. The van der Waals surface area contributed by atoms with Crippen LogP contribution in [0.1, 0.15) is 76.4 Å². The lowest BCUT2D eigenvalue weighted by atomic mass is 10.1. The minimum Gasteiger partial charge on any atom is -0.434 e. The van der Waals surface area contributed by atoms with E-state index in [0.717, 1.165) is 27.3 Å². The van der Waals surface area contributed by atoms with Crippen LogP contribution in [0.5, 0.6) is 5.75 Å².